The van der Waals surface area contributed by atoms with Crippen LogP contribution < -0.4 is 5.32 Å². The van der Waals surface area contributed by atoms with Gasteiger partial charge < -0.3 is 5.32 Å². The largest absolute Gasteiger partial charge is 0.350 e. The minimum absolute atomic E-state index is 0.0122. The Morgan fingerprint density at radius 3 is 2.40 bits per heavy atom. The molecule has 0 bridgehead atoms. The van der Waals surface area contributed by atoms with Crippen molar-refractivity contribution in [1.82, 2.24) is 9.62 Å². The molecule has 0 radical (unpaired) electrons. The third kappa shape index (κ3) is 5.97. The van der Waals surface area contributed by atoms with E-state index < -0.39 is 10.0 Å². The second kappa shape index (κ2) is 10.1. The third-order valence-electron chi connectivity index (χ3n) is 4.14. The molecule has 1 aromatic rings. The molecule has 5 nitrogen and oxygen atoms in total. The van der Waals surface area contributed by atoms with E-state index in [0.29, 0.717) is 13.1 Å². The molecular weight excluding hydrogens is 360 g/mol. The molecule has 0 saturated carbocycles. The van der Waals surface area contributed by atoms with Crippen molar-refractivity contribution < 1.29 is 13.2 Å². The van der Waals surface area contributed by atoms with Crippen molar-refractivity contribution in [2.75, 3.05) is 13.1 Å². The highest BCUT2D eigenvalue weighted by Crippen LogP contribution is 2.23. The number of carbonyl (C=O) groups is 1. The van der Waals surface area contributed by atoms with Crippen LogP contribution in [0.25, 0.3) is 0 Å². The van der Waals surface area contributed by atoms with Gasteiger partial charge in [-0.05, 0) is 31.5 Å². The summed E-state index contributed by atoms with van der Waals surface area (Å²) in [4.78, 5) is 12.6. The van der Waals surface area contributed by atoms with Gasteiger partial charge in [0, 0.05) is 19.1 Å². The quantitative estimate of drug-likeness (QED) is 0.614. The molecule has 1 aromatic carbocycles. The Labute approximate surface area is 156 Å². The molecule has 0 saturated heterocycles. The minimum atomic E-state index is -3.63. The van der Waals surface area contributed by atoms with E-state index in [0.717, 1.165) is 25.7 Å². The van der Waals surface area contributed by atoms with E-state index in [1.165, 1.54) is 22.5 Å². The maximum absolute atomic E-state index is 12.6. The van der Waals surface area contributed by atoms with Gasteiger partial charge in [0.25, 0.3) is 5.91 Å². The first-order valence-corrected chi connectivity index (χ1v) is 10.7. The molecule has 7 heteroatoms. The first-order chi connectivity index (χ1) is 11.8. The predicted octanol–water partition coefficient (Wildman–Crippen LogP) is 4.07. The molecule has 0 aliphatic rings. The predicted molar refractivity (Wildman–Crippen MR) is 103 cm³/mol. The fraction of sp³-hybridized carbons (Fsp3) is 0.611. The van der Waals surface area contributed by atoms with Crippen LogP contribution in [-0.4, -0.2) is 37.8 Å². The van der Waals surface area contributed by atoms with Gasteiger partial charge in [0.05, 0.1) is 15.5 Å². The van der Waals surface area contributed by atoms with Crippen molar-refractivity contribution in [2.45, 2.75) is 64.3 Å². The Hall–Kier alpha value is -1.11. The highest BCUT2D eigenvalue weighted by Gasteiger charge is 2.24. The van der Waals surface area contributed by atoms with Gasteiger partial charge in [-0.1, -0.05) is 51.6 Å². The summed E-state index contributed by atoms with van der Waals surface area (Å²) < 4.78 is 26.6. The van der Waals surface area contributed by atoms with Crippen molar-refractivity contribution in [3.8, 4) is 0 Å². The fourth-order valence-electron chi connectivity index (χ4n) is 2.63. The number of nitrogens with one attached hydrogen (secondary N) is 1. The van der Waals surface area contributed by atoms with Gasteiger partial charge in [-0.2, -0.15) is 4.31 Å². The van der Waals surface area contributed by atoms with Crippen LogP contribution in [0, 0.1) is 0 Å². The van der Waals surface area contributed by atoms with Crippen LogP contribution in [0.2, 0.25) is 5.02 Å². The number of hydrogen-bond donors (Lipinski definition) is 1. The number of carbonyl (C=O) groups excluding carboxylic acids is 1. The lowest BCUT2D eigenvalue weighted by Crippen LogP contribution is -2.33. The fourth-order valence-corrected chi connectivity index (χ4v) is 4.31. The molecule has 1 unspecified atom stereocenters. The van der Waals surface area contributed by atoms with Gasteiger partial charge in [0.1, 0.15) is 0 Å². The van der Waals surface area contributed by atoms with Crippen molar-refractivity contribution >= 4 is 27.5 Å². The van der Waals surface area contributed by atoms with Crippen molar-refractivity contribution in [1.29, 1.82) is 0 Å². The zero-order valence-corrected chi connectivity index (χ0v) is 17.1. The monoisotopic (exact) mass is 388 g/mol. The number of nitrogens with zero attached hydrogens (tertiary/aromatic N) is 1. The Morgan fingerprint density at radius 2 is 1.84 bits per heavy atom. The van der Waals surface area contributed by atoms with Crippen LogP contribution in [0.5, 0.6) is 0 Å². The van der Waals surface area contributed by atoms with E-state index >= 15 is 0 Å². The zero-order chi connectivity index (χ0) is 19.0. The SMILES string of the molecule is CCCCCC(C)NC(=O)c1cc(S(=O)(=O)N(CC)CC)ccc1Cl. The lowest BCUT2D eigenvalue weighted by molar-refractivity contribution is 0.0938. The van der Waals surface area contributed by atoms with Gasteiger partial charge in [0.2, 0.25) is 10.0 Å². The number of halogens is 1. The maximum atomic E-state index is 12.6. The van der Waals surface area contributed by atoms with Gasteiger partial charge in [-0.3, -0.25) is 4.79 Å². The lowest BCUT2D eigenvalue weighted by Gasteiger charge is -2.19. The van der Waals surface area contributed by atoms with Gasteiger partial charge in [-0.15, -0.1) is 0 Å². The molecule has 0 aromatic heterocycles. The van der Waals surface area contributed by atoms with E-state index in [2.05, 4.69) is 12.2 Å². The number of benzene rings is 1. The molecule has 1 atom stereocenters. The first kappa shape index (κ1) is 21.9. The van der Waals surface area contributed by atoms with Crippen LogP contribution in [0.3, 0.4) is 0 Å². The molecule has 142 valence electrons. The summed E-state index contributed by atoms with van der Waals surface area (Å²) in [6, 6.07) is 4.29. The standard InChI is InChI=1S/C18H29ClN2O3S/c1-5-8-9-10-14(4)20-18(22)16-13-15(11-12-17(16)19)25(23,24)21(6-2)7-3/h11-14H,5-10H2,1-4H3,(H,20,22). The molecule has 1 rings (SSSR count). The van der Waals surface area contributed by atoms with Gasteiger partial charge in [-0.25, -0.2) is 8.42 Å². The van der Waals surface area contributed by atoms with E-state index in [-0.39, 0.29) is 27.4 Å². The summed E-state index contributed by atoms with van der Waals surface area (Å²) in [5.74, 6) is -0.342. The summed E-state index contributed by atoms with van der Waals surface area (Å²) in [7, 11) is -3.63. The molecule has 0 aliphatic heterocycles. The normalized spacial score (nSPS) is 13.0. The van der Waals surface area contributed by atoms with Gasteiger partial charge in [0.15, 0.2) is 0 Å². The van der Waals surface area contributed by atoms with E-state index in [4.69, 9.17) is 11.6 Å². The summed E-state index contributed by atoms with van der Waals surface area (Å²) >= 11 is 6.13. The van der Waals surface area contributed by atoms with Crippen molar-refractivity contribution in [3.63, 3.8) is 0 Å². The molecule has 0 aliphatic carbocycles. The smallest absolute Gasteiger partial charge is 0.253 e. The highest BCUT2D eigenvalue weighted by molar-refractivity contribution is 7.89. The molecule has 0 fully saturated rings. The number of rotatable bonds is 10. The Balaban J connectivity index is 3.00. The summed E-state index contributed by atoms with van der Waals surface area (Å²) in [6.07, 6.45) is 4.17. The summed E-state index contributed by atoms with van der Waals surface area (Å²) in [5, 5.41) is 3.15. The third-order valence-corrected chi connectivity index (χ3v) is 6.52. The van der Waals surface area contributed by atoms with Crippen LogP contribution in [0.1, 0.15) is 63.7 Å². The molecule has 0 heterocycles. The second-order valence-corrected chi connectivity index (χ2v) is 8.45. The van der Waals surface area contributed by atoms with Gasteiger partial charge >= 0.3 is 0 Å². The van der Waals surface area contributed by atoms with E-state index in [1.807, 2.05) is 6.92 Å². The molecule has 1 amide bonds. The summed E-state index contributed by atoms with van der Waals surface area (Å²) in [6.45, 7) is 8.38. The Morgan fingerprint density at radius 1 is 1.20 bits per heavy atom. The lowest BCUT2D eigenvalue weighted by atomic mass is 10.1. The van der Waals surface area contributed by atoms with Crippen LogP contribution in [-0.2, 0) is 10.0 Å². The minimum Gasteiger partial charge on any atom is -0.350 e. The molecule has 1 N–H and O–H groups in total. The zero-order valence-electron chi connectivity index (χ0n) is 15.5. The molecule has 0 spiro atoms. The topological polar surface area (TPSA) is 66.5 Å². The number of sulfonamides is 1. The van der Waals surface area contributed by atoms with Crippen LogP contribution >= 0.6 is 11.6 Å². The second-order valence-electron chi connectivity index (χ2n) is 6.10. The van der Waals surface area contributed by atoms with Crippen LogP contribution in [0.15, 0.2) is 23.1 Å². The van der Waals surface area contributed by atoms with Crippen LogP contribution in [0.4, 0.5) is 0 Å². The Kier molecular flexibility index (Phi) is 8.89. The van der Waals surface area contributed by atoms with Crippen molar-refractivity contribution in [2.24, 2.45) is 0 Å². The first-order valence-electron chi connectivity index (χ1n) is 8.88. The highest BCUT2D eigenvalue weighted by atomic mass is 35.5. The average Bonchev–Trinajstić information content (AvgIpc) is 2.56. The Bertz CT molecular complexity index is 673. The van der Waals surface area contributed by atoms with Crippen molar-refractivity contribution in [3.05, 3.63) is 28.8 Å². The van der Waals surface area contributed by atoms with E-state index in [1.54, 1.807) is 13.8 Å². The average molecular weight is 389 g/mol. The number of amides is 1. The summed E-state index contributed by atoms with van der Waals surface area (Å²) in [5.41, 5.74) is 0.192. The maximum Gasteiger partial charge on any atom is 0.253 e. The molecular formula is C18H29ClN2O3S. The number of hydrogen-bond acceptors (Lipinski definition) is 3. The number of unbranched alkanes of at least 4 members (excludes halogenated alkanes) is 2. The molecule has 25 heavy (non-hydrogen) atoms. The van der Waals surface area contributed by atoms with E-state index in [9.17, 15) is 13.2 Å².